The molecule has 0 bridgehead atoms. The highest BCUT2D eigenvalue weighted by atomic mass is 16.3. The third kappa shape index (κ3) is 3.58. The lowest BCUT2D eigenvalue weighted by molar-refractivity contribution is 0.0317. The van der Waals surface area contributed by atoms with E-state index < -0.39 is 0 Å². The molecule has 1 aromatic rings. The molecule has 20 heavy (non-hydrogen) atoms. The molecule has 2 atom stereocenters. The zero-order valence-electron chi connectivity index (χ0n) is 12.3. The van der Waals surface area contributed by atoms with Crippen LogP contribution in [0.2, 0.25) is 0 Å². The van der Waals surface area contributed by atoms with Gasteiger partial charge in [-0.25, -0.2) is 0 Å². The minimum Gasteiger partial charge on any atom is -0.392 e. The number of hydrogen-bond acceptors (Lipinski definition) is 3. The highest BCUT2D eigenvalue weighted by molar-refractivity contribution is 5.93. The first-order chi connectivity index (χ1) is 9.61. The maximum Gasteiger partial charge on any atom is 0.251 e. The van der Waals surface area contributed by atoms with Crippen LogP contribution in [-0.2, 0) is 6.54 Å². The van der Waals surface area contributed by atoms with E-state index in [-0.39, 0.29) is 18.1 Å². The Bertz CT molecular complexity index is 442. The fourth-order valence-electron chi connectivity index (χ4n) is 2.90. The number of nitrogens with one attached hydrogen (secondary N) is 1. The van der Waals surface area contributed by atoms with Gasteiger partial charge in [0.2, 0.25) is 0 Å². The predicted molar refractivity (Wildman–Crippen MR) is 79.6 cm³/mol. The molecule has 1 aliphatic heterocycles. The number of aliphatic hydroxyl groups is 1. The second-order valence-corrected chi connectivity index (χ2v) is 5.55. The molecule has 2 unspecified atom stereocenters. The van der Waals surface area contributed by atoms with Gasteiger partial charge in [0.25, 0.3) is 5.91 Å². The molecule has 0 aromatic heterocycles. The van der Waals surface area contributed by atoms with Gasteiger partial charge in [0.15, 0.2) is 0 Å². The molecule has 4 heteroatoms. The van der Waals surface area contributed by atoms with Crippen LogP contribution in [0.15, 0.2) is 24.3 Å². The Hall–Kier alpha value is -1.39. The summed E-state index contributed by atoms with van der Waals surface area (Å²) in [7, 11) is 1.64. The molecule has 0 aliphatic carbocycles. The van der Waals surface area contributed by atoms with Crippen LogP contribution in [0.1, 0.15) is 42.1 Å². The number of carbonyl (C=O) groups excluding carboxylic acids is 1. The summed E-state index contributed by atoms with van der Waals surface area (Å²) in [5.41, 5.74) is 1.87. The van der Waals surface area contributed by atoms with Crippen LogP contribution in [0, 0.1) is 0 Å². The third-order valence-electron chi connectivity index (χ3n) is 4.05. The van der Waals surface area contributed by atoms with Crippen molar-refractivity contribution >= 4 is 5.91 Å². The fourth-order valence-corrected chi connectivity index (χ4v) is 2.90. The lowest BCUT2D eigenvalue weighted by Gasteiger charge is -2.37. The maximum atomic E-state index is 11.5. The lowest BCUT2D eigenvalue weighted by Crippen LogP contribution is -2.45. The minimum absolute atomic E-state index is 0.0589. The van der Waals surface area contributed by atoms with Crippen LogP contribution in [0.4, 0.5) is 0 Å². The number of hydrogen-bond donors (Lipinski definition) is 2. The van der Waals surface area contributed by atoms with Crippen LogP contribution < -0.4 is 5.32 Å². The van der Waals surface area contributed by atoms with Gasteiger partial charge in [0, 0.05) is 25.2 Å². The van der Waals surface area contributed by atoms with Gasteiger partial charge in [-0.1, -0.05) is 18.6 Å². The molecule has 0 saturated carbocycles. The Morgan fingerprint density at radius 2 is 2.10 bits per heavy atom. The predicted octanol–water partition coefficient (Wildman–Crippen LogP) is 1.78. The first kappa shape index (κ1) is 15.0. The van der Waals surface area contributed by atoms with E-state index >= 15 is 0 Å². The summed E-state index contributed by atoms with van der Waals surface area (Å²) in [5.74, 6) is -0.0589. The van der Waals surface area contributed by atoms with Crippen LogP contribution in [-0.4, -0.2) is 41.7 Å². The molecular formula is C16H24N2O2. The summed E-state index contributed by atoms with van der Waals surface area (Å²) in [6, 6.07) is 7.96. The lowest BCUT2D eigenvalue weighted by atomic mass is 9.97. The number of nitrogens with zero attached hydrogens (tertiary/aromatic N) is 1. The van der Waals surface area contributed by atoms with Gasteiger partial charge in [-0.15, -0.1) is 0 Å². The second-order valence-electron chi connectivity index (χ2n) is 5.55. The van der Waals surface area contributed by atoms with E-state index in [4.69, 9.17) is 0 Å². The summed E-state index contributed by atoms with van der Waals surface area (Å²) in [5, 5.41) is 12.5. The zero-order chi connectivity index (χ0) is 14.5. The van der Waals surface area contributed by atoms with Crippen LogP contribution in [0.5, 0.6) is 0 Å². The molecule has 0 spiro atoms. The van der Waals surface area contributed by atoms with Crippen molar-refractivity contribution in [1.82, 2.24) is 10.2 Å². The molecule has 1 heterocycles. The van der Waals surface area contributed by atoms with Crippen molar-refractivity contribution in [2.75, 3.05) is 13.6 Å². The van der Waals surface area contributed by atoms with Gasteiger partial charge < -0.3 is 10.4 Å². The smallest absolute Gasteiger partial charge is 0.251 e. The van der Waals surface area contributed by atoms with E-state index in [0.717, 1.165) is 19.5 Å². The molecule has 1 aromatic carbocycles. The van der Waals surface area contributed by atoms with E-state index in [1.165, 1.54) is 18.4 Å². The van der Waals surface area contributed by atoms with Gasteiger partial charge >= 0.3 is 0 Å². The summed E-state index contributed by atoms with van der Waals surface area (Å²) in [6.07, 6.45) is 3.16. The Morgan fingerprint density at radius 1 is 1.40 bits per heavy atom. The van der Waals surface area contributed by atoms with E-state index in [1.54, 1.807) is 7.05 Å². The van der Waals surface area contributed by atoms with Crippen molar-refractivity contribution in [3.63, 3.8) is 0 Å². The molecule has 4 nitrogen and oxygen atoms in total. The number of benzene rings is 1. The number of piperidine rings is 1. The molecule has 1 aliphatic rings. The highest BCUT2D eigenvalue weighted by Crippen LogP contribution is 2.22. The topological polar surface area (TPSA) is 52.6 Å². The quantitative estimate of drug-likeness (QED) is 0.881. The number of amides is 1. The highest BCUT2D eigenvalue weighted by Gasteiger charge is 2.25. The fraction of sp³-hybridized carbons (Fsp3) is 0.562. The molecule has 1 saturated heterocycles. The molecule has 2 rings (SSSR count). The number of rotatable bonds is 4. The summed E-state index contributed by atoms with van der Waals surface area (Å²) < 4.78 is 0. The number of carbonyl (C=O) groups is 1. The van der Waals surface area contributed by atoms with Gasteiger partial charge in [-0.05, 0) is 44.0 Å². The van der Waals surface area contributed by atoms with Crippen LogP contribution in [0.25, 0.3) is 0 Å². The molecule has 2 N–H and O–H groups in total. The average molecular weight is 276 g/mol. The van der Waals surface area contributed by atoms with Gasteiger partial charge in [0.05, 0.1) is 6.10 Å². The van der Waals surface area contributed by atoms with Crippen molar-refractivity contribution in [2.24, 2.45) is 0 Å². The average Bonchev–Trinajstić information content (AvgIpc) is 2.47. The van der Waals surface area contributed by atoms with Crippen LogP contribution in [0.3, 0.4) is 0 Å². The standard InChI is InChI=1S/C16H24N2O2/c1-12(19)15-5-3-4-10-18(15)11-13-6-8-14(9-7-13)16(20)17-2/h6-9,12,15,19H,3-5,10-11H2,1-2H3,(H,17,20). The first-order valence-corrected chi connectivity index (χ1v) is 7.35. The maximum absolute atomic E-state index is 11.5. The summed E-state index contributed by atoms with van der Waals surface area (Å²) in [4.78, 5) is 13.9. The summed E-state index contributed by atoms with van der Waals surface area (Å²) in [6.45, 7) is 3.74. The van der Waals surface area contributed by atoms with Crippen molar-refractivity contribution in [1.29, 1.82) is 0 Å². The molecule has 110 valence electrons. The number of likely N-dealkylation sites (tertiary alicyclic amines) is 1. The third-order valence-corrected chi connectivity index (χ3v) is 4.05. The Labute approximate surface area is 120 Å². The van der Waals surface area contributed by atoms with E-state index in [9.17, 15) is 9.90 Å². The van der Waals surface area contributed by atoms with Crippen LogP contribution >= 0.6 is 0 Å². The monoisotopic (exact) mass is 276 g/mol. The van der Waals surface area contributed by atoms with Gasteiger partial charge in [0.1, 0.15) is 0 Å². The largest absolute Gasteiger partial charge is 0.392 e. The molecule has 1 amide bonds. The zero-order valence-corrected chi connectivity index (χ0v) is 12.3. The van der Waals surface area contributed by atoms with Crippen molar-refractivity contribution in [3.8, 4) is 0 Å². The SMILES string of the molecule is CNC(=O)c1ccc(CN2CCCCC2C(C)O)cc1. The first-order valence-electron chi connectivity index (χ1n) is 7.35. The normalized spacial score (nSPS) is 21.4. The molecular weight excluding hydrogens is 252 g/mol. The Morgan fingerprint density at radius 3 is 2.70 bits per heavy atom. The van der Waals surface area contributed by atoms with E-state index in [0.29, 0.717) is 5.56 Å². The number of aliphatic hydroxyl groups excluding tert-OH is 1. The van der Waals surface area contributed by atoms with Gasteiger partial charge in [-0.3, -0.25) is 9.69 Å². The van der Waals surface area contributed by atoms with Crippen molar-refractivity contribution in [3.05, 3.63) is 35.4 Å². The Kier molecular flexibility index (Phi) is 5.15. The minimum atomic E-state index is -0.291. The van der Waals surface area contributed by atoms with Crippen molar-refractivity contribution < 1.29 is 9.90 Å². The van der Waals surface area contributed by atoms with Gasteiger partial charge in [-0.2, -0.15) is 0 Å². The molecule has 0 radical (unpaired) electrons. The van der Waals surface area contributed by atoms with E-state index in [2.05, 4.69) is 10.2 Å². The Balaban J connectivity index is 2.03. The molecule has 1 fully saturated rings. The summed E-state index contributed by atoms with van der Waals surface area (Å²) >= 11 is 0. The van der Waals surface area contributed by atoms with Crippen molar-refractivity contribution in [2.45, 2.75) is 44.9 Å². The second kappa shape index (κ2) is 6.86. The van der Waals surface area contributed by atoms with E-state index in [1.807, 2.05) is 31.2 Å².